The minimum Gasteiger partial charge on any atom is -0.320 e. The Morgan fingerprint density at radius 2 is 1.86 bits per heavy atom. The summed E-state index contributed by atoms with van der Waals surface area (Å²) < 4.78 is 0. The smallest absolute Gasteiger partial charge is 0.234 e. The fourth-order valence-corrected chi connectivity index (χ4v) is 3.08. The molecule has 0 bridgehead atoms. The van der Waals surface area contributed by atoms with Gasteiger partial charge in [0.15, 0.2) is 0 Å². The van der Waals surface area contributed by atoms with E-state index in [1.165, 1.54) is 0 Å². The molecule has 0 spiro atoms. The molecule has 1 heterocycles. The Morgan fingerprint density at radius 1 is 1.14 bits per heavy atom. The Balaban J connectivity index is 2.01. The molecule has 0 saturated heterocycles. The third-order valence-electron chi connectivity index (χ3n) is 4.34. The summed E-state index contributed by atoms with van der Waals surface area (Å²) in [6.45, 7) is 2.05. The highest BCUT2D eigenvalue weighted by Crippen LogP contribution is 2.39. The molecule has 3 rings (SSSR count). The maximum absolute atomic E-state index is 12.2. The number of hydrogen-bond acceptors (Lipinski definition) is 2. The van der Waals surface area contributed by atoms with E-state index < -0.39 is 0 Å². The first-order valence-corrected chi connectivity index (χ1v) is 7.35. The molecule has 1 aliphatic heterocycles. The van der Waals surface area contributed by atoms with Gasteiger partial charge in [-0.05, 0) is 29.2 Å². The fraction of sp³-hybridized carbons (Fsp3) is 0.278. The lowest BCUT2D eigenvalue weighted by atomic mass is 9.92. The Labute approximate surface area is 125 Å². The van der Waals surface area contributed by atoms with E-state index in [1.54, 1.807) is 4.90 Å². The van der Waals surface area contributed by atoms with Gasteiger partial charge in [0.2, 0.25) is 5.91 Å². The zero-order valence-electron chi connectivity index (χ0n) is 12.4. The van der Waals surface area contributed by atoms with Crippen molar-refractivity contribution in [2.45, 2.75) is 25.3 Å². The molecular weight excluding hydrogens is 260 g/mol. The maximum Gasteiger partial charge on any atom is 0.234 e. The van der Waals surface area contributed by atoms with E-state index in [4.69, 9.17) is 5.73 Å². The number of carbonyl (C=O) groups excluding carboxylic acids is 1. The second kappa shape index (κ2) is 5.34. The van der Waals surface area contributed by atoms with Crippen molar-refractivity contribution in [2.24, 2.45) is 5.73 Å². The minimum atomic E-state index is -0.157. The highest BCUT2D eigenvalue weighted by molar-refractivity contribution is 6.04. The summed E-state index contributed by atoms with van der Waals surface area (Å²) in [5, 5.41) is 0. The van der Waals surface area contributed by atoms with Gasteiger partial charge >= 0.3 is 0 Å². The molecule has 2 atom stereocenters. The lowest BCUT2D eigenvalue weighted by molar-refractivity contribution is -0.119. The molecule has 21 heavy (non-hydrogen) atoms. The van der Waals surface area contributed by atoms with Crippen LogP contribution in [0.4, 0.5) is 5.69 Å². The number of rotatable bonds is 3. The van der Waals surface area contributed by atoms with Crippen molar-refractivity contribution in [3.63, 3.8) is 0 Å². The van der Waals surface area contributed by atoms with Crippen LogP contribution in [-0.2, 0) is 4.79 Å². The van der Waals surface area contributed by atoms with Gasteiger partial charge < -0.3 is 10.6 Å². The number of amides is 1. The van der Waals surface area contributed by atoms with E-state index >= 15 is 0 Å². The monoisotopic (exact) mass is 280 g/mol. The zero-order chi connectivity index (χ0) is 15.0. The largest absolute Gasteiger partial charge is 0.320 e. The van der Waals surface area contributed by atoms with Crippen LogP contribution in [0.25, 0.3) is 0 Å². The molecule has 0 fully saturated rings. The lowest BCUT2D eigenvalue weighted by Crippen LogP contribution is -2.23. The van der Waals surface area contributed by atoms with Crippen molar-refractivity contribution in [1.82, 2.24) is 0 Å². The first kappa shape index (κ1) is 13.8. The SMILES string of the molecule is CCC1C(=O)N(C)c2ccc(C(N)c3ccccc3)cc21. The average molecular weight is 280 g/mol. The second-order valence-corrected chi connectivity index (χ2v) is 5.56. The van der Waals surface area contributed by atoms with Gasteiger partial charge in [0.05, 0.1) is 12.0 Å². The van der Waals surface area contributed by atoms with Gasteiger partial charge in [-0.2, -0.15) is 0 Å². The van der Waals surface area contributed by atoms with Gasteiger partial charge in [-0.3, -0.25) is 4.79 Å². The molecule has 0 aliphatic carbocycles. The summed E-state index contributed by atoms with van der Waals surface area (Å²) in [6.07, 6.45) is 0.820. The van der Waals surface area contributed by atoms with Crippen LogP contribution in [0.3, 0.4) is 0 Å². The standard InChI is InChI=1S/C18H20N2O/c1-3-14-15-11-13(9-10-16(15)20(2)18(14)21)17(19)12-7-5-4-6-8-12/h4-11,14,17H,3,19H2,1-2H3. The van der Waals surface area contributed by atoms with Crippen molar-refractivity contribution < 1.29 is 4.79 Å². The van der Waals surface area contributed by atoms with Crippen LogP contribution < -0.4 is 10.6 Å². The Morgan fingerprint density at radius 3 is 2.52 bits per heavy atom. The highest BCUT2D eigenvalue weighted by atomic mass is 16.2. The number of fused-ring (bicyclic) bond motifs is 1. The van der Waals surface area contributed by atoms with Gasteiger partial charge in [-0.1, -0.05) is 49.4 Å². The average Bonchev–Trinajstić information content (AvgIpc) is 2.78. The maximum atomic E-state index is 12.2. The van der Waals surface area contributed by atoms with E-state index in [0.29, 0.717) is 0 Å². The zero-order valence-corrected chi connectivity index (χ0v) is 12.4. The summed E-state index contributed by atoms with van der Waals surface area (Å²) in [5.41, 5.74) is 10.6. The number of anilines is 1. The summed E-state index contributed by atoms with van der Waals surface area (Å²) in [5.74, 6) is 0.144. The Hall–Kier alpha value is -2.13. The second-order valence-electron chi connectivity index (χ2n) is 5.56. The van der Waals surface area contributed by atoms with E-state index in [2.05, 4.69) is 13.0 Å². The number of hydrogen-bond donors (Lipinski definition) is 1. The first-order valence-electron chi connectivity index (χ1n) is 7.35. The summed E-state index contributed by atoms with van der Waals surface area (Å²) in [4.78, 5) is 14.0. The number of benzene rings is 2. The van der Waals surface area contributed by atoms with Gasteiger partial charge in [-0.15, -0.1) is 0 Å². The summed E-state index contributed by atoms with van der Waals surface area (Å²) >= 11 is 0. The molecule has 2 unspecified atom stereocenters. The molecule has 0 radical (unpaired) electrons. The third-order valence-corrected chi connectivity index (χ3v) is 4.34. The number of likely N-dealkylation sites (N-methyl/N-ethyl adjacent to an activating group) is 1. The van der Waals surface area contributed by atoms with Crippen molar-refractivity contribution in [2.75, 3.05) is 11.9 Å². The highest BCUT2D eigenvalue weighted by Gasteiger charge is 2.34. The van der Waals surface area contributed by atoms with Crippen molar-refractivity contribution in [3.05, 3.63) is 65.2 Å². The molecule has 3 nitrogen and oxygen atoms in total. The molecule has 2 aromatic rings. The third kappa shape index (κ3) is 2.24. The van der Waals surface area contributed by atoms with E-state index in [9.17, 15) is 4.79 Å². The fourth-order valence-electron chi connectivity index (χ4n) is 3.08. The minimum absolute atomic E-state index is 0.0343. The van der Waals surface area contributed by atoms with Crippen LogP contribution in [0.5, 0.6) is 0 Å². The van der Waals surface area contributed by atoms with Gasteiger partial charge in [0.1, 0.15) is 0 Å². The Bertz CT molecular complexity index is 666. The number of nitrogens with zero attached hydrogens (tertiary/aromatic N) is 1. The topological polar surface area (TPSA) is 46.3 Å². The van der Waals surface area contributed by atoms with Crippen LogP contribution in [0, 0.1) is 0 Å². The molecule has 1 amide bonds. The van der Waals surface area contributed by atoms with Crippen LogP contribution in [0.1, 0.15) is 42.0 Å². The van der Waals surface area contributed by atoms with E-state index in [0.717, 1.165) is 28.8 Å². The van der Waals surface area contributed by atoms with Crippen LogP contribution >= 0.6 is 0 Å². The van der Waals surface area contributed by atoms with Crippen LogP contribution in [-0.4, -0.2) is 13.0 Å². The predicted octanol–water partition coefficient (Wildman–Crippen LogP) is 3.20. The first-order chi connectivity index (χ1) is 10.1. The normalized spacial score (nSPS) is 18.7. The molecule has 0 saturated carbocycles. The van der Waals surface area contributed by atoms with E-state index in [-0.39, 0.29) is 17.9 Å². The quantitative estimate of drug-likeness (QED) is 0.938. The van der Waals surface area contributed by atoms with Crippen molar-refractivity contribution in [1.29, 1.82) is 0 Å². The molecule has 3 heteroatoms. The molecule has 108 valence electrons. The lowest BCUT2D eigenvalue weighted by Gasteiger charge is -2.15. The van der Waals surface area contributed by atoms with Gasteiger partial charge in [0.25, 0.3) is 0 Å². The van der Waals surface area contributed by atoms with E-state index in [1.807, 2.05) is 49.5 Å². The van der Waals surface area contributed by atoms with Crippen molar-refractivity contribution in [3.8, 4) is 0 Å². The van der Waals surface area contributed by atoms with Gasteiger partial charge in [0, 0.05) is 12.7 Å². The number of carbonyl (C=O) groups is 1. The van der Waals surface area contributed by atoms with Gasteiger partial charge in [-0.25, -0.2) is 0 Å². The molecule has 0 aromatic heterocycles. The van der Waals surface area contributed by atoms with Crippen LogP contribution in [0.2, 0.25) is 0 Å². The van der Waals surface area contributed by atoms with Crippen molar-refractivity contribution >= 4 is 11.6 Å². The molecular formula is C18H20N2O. The Kier molecular flexibility index (Phi) is 3.52. The molecule has 1 aliphatic rings. The summed E-state index contributed by atoms with van der Waals surface area (Å²) in [7, 11) is 1.84. The number of nitrogens with two attached hydrogens (primary N) is 1. The molecule has 2 N–H and O–H groups in total. The molecule has 2 aromatic carbocycles. The predicted molar refractivity (Wildman–Crippen MR) is 85.4 cm³/mol. The van der Waals surface area contributed by atoms with Crippen LogP contribution in [0.15, 0.2) is 48.5 Å². The summed E-state index contributed by atoms with van der Waals surface area (Å²) in [6, 6.07) is 16.0.